The van der Waals surface area contributed by atoms with E-state index in [1.165, 1.54) is 24.3 Å². The first-order valence-corrected chi connectivity index (χ1v) is 6.86. The van der Waals surface area contributed by atoms with Crippen LogP contribution in [-0.4, -0.2) is 29.8 Å². The highest BCUT2D eigenvalue weighted by molar-refractivity contribution is 6.17. The third kappa shape index (κ3) is 5.25. The van der Waals surface area contributed by atoms with Gasteiger partial charge in [-0.1, -0.05) is 24.3 Å². The topological polar surface area (TPSA) is 93.1 Å². The van der Waals surface area contributed by atoms with Gasteiger partial charge in [0.25, 0.3) is 0 Å². The standard InChI is InChI=1S/C16H15BO6/c18-15(19)13-5-1-11(2-6-13)9-22-17-23-10-12-3-7-14(8-4-12)16(20)21/h1-8,17H,9-10H2,(H,18,19)(H,20,21). The quantitative estimate of drug-likeness (QED) is 0.572. The summed E-state index contributed by atoms with van der Waals surface area (Å²) in [5, 5.41) is 17.6. The highest BCUT2D eigenvalue weighted by Gasteiger charge is 2.03. The van der Waals surface area contributed by atoms with Crippen molar-refractivity contribution in [3.8, 4) is 0 Å². The number of hydrogen-bond acceptors (Lipinski definition) is 4. The normalized spacial score (nSPS) is 10.3. The first-order chi connectivity index (χ1) is 11.1. The maximum Gasteiger partial charge on any atom is 0.438 e. The molecule has 0 radical (unpaired) electrons. The zero-order valence-electron chi connectivity index (χ0n) is 12.3. The first-order valence-electron chi connectivity index (χ1n) is 6.86. The van der Waals surface area contributed by atoms with Crippen LogP contribution in [0.15, 0.2) is 48.5 Å². The predicted octanol–water partition coefficient (Wildman–Crippen LogP) is 2.08. The van der Waals surface area contributed by atoms with Gasteiger partial charge in [0.2, 0.25) is 0 Å². The Kier molecular flexibility index (Phi) is 5.90. The highest BCUT2D eigenvalue weighted by Crippen LogP contribution is 2.07. The van der Waals surface area contributed by atoms with Gasteiger partial charge in [-0.25, -0.2) is 9.59 Å². The van der Waals surface area contributed by atoms with E-state index < -0.39 is 11.9 Å². The Morgan fingerprint density at radius 2 is 1.09 bits per heavy atom. The SMILES string of the molecule is O=C(O)c1ccc(COBOCc2ccc(C(=O)O)cc2)cc1. The number of aromatic carboxylic acids is 2. The van der Waals surface area contributed by atoms with Gasteiger partial charge < -0.3 is 19.5 Å². The van der Waals surface area contributed by atoms with Crippen LogP contribution < -0.4 is 0 Å². The molecule has 0 aliphatic heterocycles. The summed E-state index contributed by atoms with van der Waals surface area (Å²) in [6.45, 7) is 0.635. The van der Waals surface area contributed by atoms with E-state index in [0.29, 0.717) is 13.2 Å². The monoisotopic (exact) mass is 314 g/mol. The lowest BCUT2D eigenvalue weighted by Gasteiger charge is -2.06. The molecule has 0 aliphatic carbocycles. The summed E-state index contributed by atoms with van der Waals surface area (Å²) < 4.78 is 10.7. The molecule has 0 unspecified atom stereocenters. The molecule has 2 aromatic rings. The largest absolute Gasteiger partial charge is 0.478 e. The zero-order chi connectivity index (χ0) is 16.7. The minimum Gasteiger partial charge on any atom is -0.478 e. The Balaban J connectivity index is 1.69. The highest BCUT2D eigenvalue weighted by atomic mass is 16.6. The maximum absolute atomic E-state index is 10.7. The molecule has 0 bridgehead atoms. The molecule has 2 aromatic carbocycles. The van der Waals surface area contributed by atoms with Gasteiger partial charge in [0.05, 0.1) is 24.3 Å². The number of carboxylic acid groups (broad SMARTS) is 2. The Labute approximate surface area is 133 Å². The second-order valence-electron chi connectivity index (χ2n) is 4.82. The Morgan fingerprint density at radius 1 is 0.739 bits per heavy atom. The van der Waals surface area contributed by atoms with Crippen LogP contribution in [0.1, 0.15) is 31.8 Å². The van der Waals surface area contributed by atoms with Crippen LogP contribution in [0.5, 0.6) is 0 Å². The van der Waals surface area contributed by atoms with Gasteiger partial charge in [0.15, 0.2) is 0 Å². The smallest absolute Gasteiger partial charge is 0.438 e. The number of benzene rings is 2. The number of hydrogen-bond donors (Lipinski definition) is 2. The van der Waals surface area contributed by atoms with Crippen molar-refractivity contribution in [1.29, 1.82) is 0 Å². The fraction of sp³-hybridized carbons (Fsp3) is 0.125. The van der Waals surface area contributed by atoms with Crippen molar-refractivity contribution in [3.05, 3.63) is 70.8 Å². The molecule has 0 atom stereocenters. The van der Waals surface area contributed by atoms with E-state index in [1.54, 1.807) is 24.3 Å². The molecular formula is C16H15BO6. The summed E-state index contributed by atoms with van der Waals surface area (Å²) in [7, 11) is 0.0847. The lowest BCUT2D eigenvalue weighted by molar-refractivity contribution is 0.0686. The van der Waals surface area contributed by atoms with Crippen molar-refractivity contribution in [3.63, 3.8) is 0 Å². The molecule has 0 spiro atoms. The van der Waals surface area contributed by atoms with Crippen LogP contribution in [-0.2, 0) is 22.5 Å². The van der Waals surface area contributed by atoms with E-state index in [1.807, 2.05) is 0 Å². The van der Waals surface area contributed by atoms with Crippen LogP contribution in [0.25, 0.3) is 0 Å². The minimum atomic E-state index is -0.963. The van der Waals surface area contributed by atoms with Crippen molar-refractivity contribution in [1.82, 2.24) is 0 Å². The van der Waals surface area contributed by atoms with Crippen molar-refractivity contribution in [2.75, 3.05) is 0 Å². The van der Waals surface area contributed by atoms with Gasteiger partial charge in [-0.05, 0) is 35.4 Å². The summed E-state index contributed by atoms with van der Waals surface area (Å²) in [6.07, 6.45) is 0. The fourth-order valence-electron chi connectivity index (χ4n) is 1.87. The van der Waals surface area contributed by atoms with Crippen LogP contribution in [0, 0.1) is 0 Å². The molecule has 23 heavy (non-hydrogen) atoms. The van der Waals surface area contributed by atoms with Crippen LogP contribution >= 0.6 is 0 Å². The minimum absolute atomic E-state index is 0.0847. The molecule has 0 heterocycles. The molecule has 2 N–H and O–H groups in total. The van der Waals surface area contributed by atoms with Crippen molar-refractivity contribution >= 4 is 19.6 Å². The summed E-state index contributed by atoms with van der Waals surface area (Å²) in [5.74, 6) is -1.93. The third-order valence-corrected chi connectivity index (χ3v) is 3.11. The summed E-state index contributed by atoms with van der Waals surface area (Å²) >= 11 is 0. The van der Waals surface area contributed by atoms with E-state index in [2.05, 4.69) is 0 Å². The maximum atomic E-state index is 10.7. The molecule has 0 fully saturated rings. The average Bonchev–Trinajstić information content (AvgIpc) is 2.55. The van der Waals surface area contributed by atoms with Gasteiger partial charge in [-0.3, -0.25) is 0 Å². The van der Waals surface area contributed by atoms with Crippen molar-refractivity contribution in [2.45, 2.75) is 13.2 Å². The summed E-state index contributed by atoms with van der Waals surface area (Å²) in [5.41, 5.74) is 2.17. The lowest BCUT2D eigenvalue weighted by Crippen LogP contribution is -2.05. The molecule has 2 rings (SSSR count). The zero-order valence-corrected chi connectivity index (χ0v) is 12.3. The average molecular weight is 314 g/mol. The molecule has 0 amide bonds. The van der Waals surface area contributed by atoms with Gasteiger partial charge >= 0.3 is 19.6 Å². The molecule has 118 valence electrons. The number of carbonyl (C=O) groups is 2. The molecule has 0 saturated heterocycles. The molecular weight excluding hydrogens is 299 g/mol. The third-order valence-electron chi connectivity index (χ3n) is 3.11. The number of carboxylic acids is 2. The van der Waals surface area contributed by atoms with Crippen LogP contribution in [0.3, 0.4) is 0 Å². The molecule has 0 aliphatic rings. The van der Waals surface area contributed by atoms with E-state index in [9.17, 15) is 9.59 Å². The Hall–Kier alpha value is -2.64. The molecule has 7 heteroatoms. The fourth-order valence-corrected chi connectivity index (χ4v) is 1.87. The van der Waals surface area contributed by atoms with E-state index in [-0.39, 0.29) is 18.8 Å². The predicted molar refractivity (Wildman–Crippen MR) is 83.5 cm³/mol. The second-order valence-corrected chi connectivity index (χ2v) is 4.82. The Morgan fingerprint density at radius 3 is 1.39 bits per heavy atom. The van der Waals surface area contributed by atoms with Crippen molar-refractivity contribution < 1.29 is 29.1 Å². The number of rotatable bonds is 8. The van der Waals surface area contributed by atoms with E-state index >= 15 is 0 Å². The molecule has 6 nitrogen and oxygen atoms in total. The van der Waals surface area contributed by atoms with Crippen molar-refractivity contribution in [2.24, 2.45) is 0 Å². The first kappa shape index (κ1) is 16.7. The van der Waals surface area contributed by atoms with Gasteiger partial charge in [0, 0.05) is 0 Å². The second kappa shape index (κ2) is 8.12. The summed E-state index contributed by atoms with van der Waals surface area (Å²) in [6, 6.07) is 12.8. The summed E-state index contributed by atoms with van der Waals surface area (Å²) in [4.78, 5) is 21.4. The Bertz CT molecular complexity index is 606. The van der Waals surface area contributed by atoms with Gasteiger partial charge in [-0.15, -0.1) is 0 Å². The molecule has 0 saturated carbocycles. The molecule has 0 aromatic heterocycles. The van der Waals surface area contributed by atoms with Gasteiger partial charge in [0.1, 0.15) is 0 Å². The lowest BCUT2D eigenvalue weighted by atomic mass is 10.1. The van der Waals surface area contributed by atoms with Crippen LogP contribution in [0.2, 0.25) is 0 Å². The van der Waals surface area contributed by atoms with E-state index in [0.717, 1.165) is 11.1 Å². The van der Waals surface area contributed by atoms with Crippen LogP contribution in [0.4, 0.5) is 0 Å². The van der Waals surface area contributed by atoms with Gasteiger partial charge in [-0.2, -0.15) is 0 Å². The van der Waals surface area contributed by atoms with E-state index in [4.69, 9.17) is 19.5 Å².